The van der Waals surface area contributed by atoms with Crippen molar-refractivity contribution in [3.05, 3.63) is 130 Å². The fourth-order valence-corrected chi connectivity index (χ4v) is 7.08. The smallest absolute Gasteiger partial charge is 0.309 e. The second kappa shape index (κ2) is 32.1. The SMILES string of the molecule is CC(C)OO.CCCCC(=O)OC(C)(C)C.CCOC(C)OC(=O)CC(C)(c1ccc(C)cc1)c1ccc(CC)cc1.CCOC(C)Oc1ccc(C(CC)CC(C)c2ccc(O)cc2)cc1. The summed E-state index contributed by atoms with van der Waals surface area (Å²) < 4.78 is 27.0. The van der Waals surface area contributed by atoms with Crippen LogP contribution in [0.4, 0.5) is 0 Å². The molecule has 5 unspecified atom stereocenters. The number of esters is 2. The van der Waals surface area contributed by atoms with Gasteiger partial charge in [-0.05, 0) is 159 Å². The van der Waals surface area contributed by atoms with Crippen LogP contribution in [0, 0.1) is 6.92 Å². The number of aromatic hydroxyl groups is 1. The molecule has 0 amide bonds. The van der Waals surface area contributed by atoms with Crippen molar-refractivity contribution in [3.8, 4) is 11.5 Å². The molecule has 10 heteroatoms. The number of carbonyl (C=O) groups excluding carboxylic acids is 2. The second-order valence-electron chi connectivity index (χ2n) is 18.3. The van der Waals surface area contributed by atoms with Crippen LogP contribution in [-0.2, 0) is 45.3 Å². The van der Waals surface area contributed by atoms with Crippen LogP contribution in [-0.4, -0.2) is 59.8 Å². The summed E-state index contributed by atoms with van der Waals surface area (Å²) in [4.78, 5) is 27.3. The monoisotopic (exact) mass is 931 g/mol. The van der Waals surface area contributed by atoms with Gasteiger partial charge in [0.2, 0.25) is 0 Å². The fraction of sp³-hybridized carbons (Fsp3) is 0.544. The molecule has 67 heavy (non-hydrogen) atoms. The maximum absolute atomic E-state index is 12.6. The first-order chi connectivity index (χ1) is 31.6. The van der Waals surface area contributed by atoms with Crippen molar-refractivity contribution in [1.29, 1.82) is 0 Å². The maximum Gasteiger partial charge on any atom is 0.309 e. The van der Waals surface area contributed by atoms with Gasteiger partial charge in [-0.3, -0.25) is 14.8 Å². The zero-order chi connectivity index (χ0) is 50.6. The summed E-state index contributed by atoms with van der Waals surface area (Å²) in [6.45, 7) is 30.7. The Bertz CT molecular complexity index is 1900. The molecular weight excluding hydrogens is 845 g/mol. The first kappa shape index (κ1) is 60.3. The highest BCUT2D eigenvalue weighted by Crippen LogP contribution is 2.37. The van der Waals surface area contributed by atoms with E-state index in [1.54, 1.807) is 32.9 Å². The largest absolute Gasteiger partial charge is 0.508 e. The molecule has 5 atom stereocenters. The number of unbranched alkanes of at least 4 members (excludes halogenated alkanes) is 1. The van der Waals surface area contributed by atoms with Gasteiger partial charge in [0.1, 0.15) is 17.1 Å². The van der Waals surface area contributed by atoms with Crippen LogP contribution in [0.2, 0.25) is 0 Å². The van der Waals surface area contributed by atoms with Crippen molar-refractivity contribution < 1.29 is 48.5 Å². The zero-order valence-corrected chi connectivity index (χ0v) is 43.6. The lowest BCUT2D eigenvalue weighted by molar-refractivity contribution is -0.269. The van der Waals surface area contributed by atoms with Crippen LogP contribution in [0.25, 0.3) is 0 Å². The summed E-state index contributed by atoms with van der Waals surface area (Å²) in [5, 5.41) is 17.1. The van der Waals surface area contributed by atoms with Gasteiger partial charge in [0.05, 0.1) is 12.5 Å². The second-order valence-corrected chi connectivity index (χ2v) is 18.3. The van der Waals surface area contributed by atoms with Gasteiger partial charge >= 0.3 is 11.9 Å². The van der Waals surface area contributed by atoms with Gasteiger partial charge in [-0.15, -0.1) is 0 Å². The van der Waals surface area contributed by atoms with Crippen LogP contribution >= 0.6 is 0 Å². The predicted octanol–water partition coefficient (Wildman–Crippen LogP) is 14.4. The highest BCUT2D eigenvalue weighted by atomic mass is 17.1. The van der Waals surface area contributed by atoms with Gasteiger partial charge in [-0.1, -0.05) is 119 Å². The lowest BCUT2D eigenvalue weighted by Crippen LogP contribution is -2.30. The Kier molecular flexibility index (Phi) is 28.9. The quantitative estimate of drug-likeness (QED) is 0.0360. The molecule has 2 N–H and O–H groups in total. The summed E-state index contributed by atoms with van der Waals surface area (Å²) in [5.74, 6) is 1.76. The number of hydrogen-bond acceptors (Lipinski definition) is 10. The minimum Gasteiger partial charge on any atom is -0.508 e. The third kappa shape index (κ3) is 24.7. The third-order valence-electron chi connectivity index (χ3n) is 10.9. The number of aryl methyl sites for hydroxylation is 2. The van der Waals surface area contributed by atoms with E-state index in [0.717, 1.165) is 49.0 Å². The Morgan fingerprint density at radius 3 is 1.63 bits per heavy atom. The van der Waals surface area contributed by atoms with E-state index in [0.29, 0.717) is 37.2 Å². The molecule has 0 heterocycles. The molecule has 374 valence electrons. The van der Waals surface area contributed by atoms with Crippen molar-refractivity contribution in [3.63, 3.8) is 0 Å². The number of carbonyl (C=O) groups is 2. The van der Waals surface area contributed by atoms with E-state index in [-0.39, 0.29) is 36.4 Å². The molecular formula is C57H86O10. The summed E-state index contributed by atoms with van der Waals surface area (Å²) in [6, 6.07) is 32.8. The summed E-state index contributed by atoms with van der Waals surface area (Å²) in [5.41, 5.74) is 6.52. The first-order valence-corrected chi connectivity index (χ1v) is 24.3. The Hall–Kier alpha value is -4.74. The maximum atomic E-state index is 12.6. The van der Waals surface area contributed by atoms with Crippen molar-refractivity contribution in [2.45, 2.75) is 190 Å². The Morgan fingerprint density at radius 1 is 0.657 bits per heavy atom. The molecule has 0 bridgehead atoms. The highest BCUT2D eigenvalue weighted by Gasteiger charge is 2.33. The van der Waals surface area contributed by atoms with Gasteiger partial charge in [0.15, 0.2) is 12.6 Å². The van der Waals surface area contributed by atoms with E-state index < -0.39 is 11.7 Å². The number of phenols is 1. The molecule has 0 radical (unpaired) electrons. The minimum atomic E-state index is -0.530. The van der Waals surface area contributed by atoms with E-state index in [1.807, 2.05) is 65.8 Å². The van der Waals surface area contributed by atoms with Gasteiger partial charge in [-0.25, -0.2) is 4.89 Å². The van der Waals surface area contributed by atoms with Crippen LogP contribution in [0.1, 0.15) is 181 Å². The molecule has 0 spiro atoms. The first-order valence-electron chi connectivity index (χ1n) is 24.3. The molecule has 0 aromatic heterocycles. The number of hydrogen-bond donors (Lipinski definition) is 2. The predicted molar refractivity (Wildman–Crippen MR) is 272 cm³/mol. The lowest BCUT2D eigenvalue weighted by Gasteiger charge is -2.31. The van der Waals surface area contributed by atoms with Gasteiger partial charge < -0.3 is 28.8 Å². The highest BCUT2D eigenvalue weighted by molar-refractivity contribution is 5.73. The fourth-order valence-electron chi connectivity index (χ4n) is 7.08. The average Bonchev–Trinajstić information content (AvgIpc) is 3.28. The van der Waals surface area contributed by atoms with E-state index in [4.69, 9.17) is 28.9 Å². The average molecular weight is 931 g/mol. The standard InChI is InChI=1S/C23H30O3.C22H30O3.C9H18O2.C3H8O2/c1-6-19-10-14-21(15-11-19)23(5,20-12-8-17(3)9-13-20)16-22(24)26-18(4)25-7-2;1-5-18(15-16(3)19-7-11-21(23)12-8-19)20-9-13-22(14-10-20)25-17(4)24-6-2;1-5-6-7-8(10)11-9(2,3)4;1-3(2)5-4/h8-15,18H,6-7,16H2,1-5H3;7-14,16-18,23H,5-6,15H2,1-4H3;5-7H2,1-4H3;3-4H,1-2H3. The zero-order valence-electron chi connectivity index (χ0n) is 43.6. The molecule has 0 saturated carbocycles. The summed E-state index contributed by atoms with van der Waals surface area (Å²) in [7, 11) is 0. The van der Waals surface area contributed by atoms with Gasteiger partial charge in [-0.2, -0.15) is 0 Å². The van der Waals surface area contributed by atoms with E-state index >= 15 is 0 Å². The van der Waals surface area contributed by atoms with Crippen molar-refractivity contribution in [2.75, 3.05) is 13.2 Å². The van der Waals surface area contributed by atoms with E-state index in [1.165, 1.54) is 22.3 Å². The molecule has 0 saturated heterocycles. The molecule has 0 aliphatic heterocycles. The Balaban J connectivity index is 0.000000509. The molecule has 0 aliphatic rings. The molecule has 0 fully saturated rings. The Morgan fingerprint density at radius 2 is 1.16 bits per heavy atom. The van der Waals surface area contributed by atoms with Crippen molar-refractivity contribution in [1.82, 2.24) is 0 Å². The summed E-state index contributed by atoms with van der Waals surface area (Å²) in [6.07, 6.45) is 5.13. The number of ether oxygens (including phenoxy) is 5. The molecule has 4 rings (SSSR count). The van der Waals surface area contributed by atoms with Crippen molar-refractivity contribution in [2.24, 2.45) is 0 Å². The van der Waals surface area contributed by atoms with Crippen molar-refractivity contribution >= 4 is 11.9 Å². The van der Waals surface area contributed by atoms with Crippen LogP contribution in [0.3, 0.4) is 0 Å². The molecule has 0 aliphatic carbocycles. The molecule has 4 aromatic rings. The van der Waals surface area contributed by atoms with Crippen LogP contribution < -0.4 is 4.74 Å². The molecule has 4 aromatic carbocycles. The lowest BCUT2D eigenvalue weighted by atomic mass is 9.73. The topological polar surface area (TPSA) is 130 Å². The third-order valence-corrected chi connectivity index (χ3v) is 10.9. The number of rotatable bonds is 21. The molecule has 10 nitrogen and oxygen atoms in total. The van der Waals surface area contributed by atoms with Gasteiger partial charge in [0.25, 0.3) is 0 Å². The van der Waals surface area contributed by atoms with Crippen LogP contribution in [0.15, 0.2) is 97.1 Å². The van der Waals surface area contributed by atoms with Crippen LogP contribution in [0.5, 0.6) is 11.5 Å². The minimum absolute atomic E-state index is 0.0602. The summed E-state index contributed by atoms with van der Waals surface area (Å²) >= 11 is 0. The number of phenolic OH excluding ortho intramolecular Hbond substituents is 1. The normalized spacial score (nSPS) is 13.7. The van der Waals surface area contributed by atoms with E-state index in [2.05, 4.69) is 107 Å². The number of benzene rings is 4. The van der Waals surface area contributed by atoms with E-state index in [9.17, 15) is 14.7 Å². The van der Waals surface area contributed by atoms with Gasteiger partial charge in [0, 0.05) is 25.0 Å². The Labute approximate surface area is 404 Å².